The summed E-state index contributed by atoms with van der Waals surface area (Å²) in [5.41, 5.74) is 0.986. The SMILES string of the molecule is CC1=CC(=O)C[C@]2(C)CC[C@H]3C[C@@]12OC3(C)C. The highest BCUT2D eigenvalue weighted by Gasteiger charge is 2.64. The lowest BCUT2D eigenvalue weighted by molar-refractivity contribution is -0.144. The third-order valence-electron chi connectivity index (χ3n) is 5.55. The van der Waals surface area contributed by atoms with Crippen molar-refractivity contribution in [1.82, 2.24) is 0 Å². The highest BCUT2D eigenvalue weighted by atomic mass is 16.5. The minimum Gasteiger partial charge on any atom is -0.364 e. The molecule has 2 bridgehead atoms. The standard InChI is InChI=1S/C15H22O2/c1-10-7-12(16)9-14(4)6-5-11-8-15(10,14)17-13(11,2)3/h7,11H,5-6,8-9H2,1-4H3/t11-,14-,15+/m0/s1. The molecule has 94 valence electrons. The number of ether oxygens (including phenoxy) is 1. The summed E-state index contributed by atoms with van der Waals surface area (Å²) in [5.74, 6) is 0.925. The lowest BCUT2D eigenvalue weighted by Gasteiger charge is -2.51. The number of carbonyl (C=O) groups excluding carboxylic acids is 1. The normalized spacial score (nSPS) is 47.6. The predicted molar refractivity (Wildman–Crippen MR) is 66.7 cm³/mol. The van der Waals surface area contributed by atoms with Crippen molar-refractivity contribution in [2.45, 2.75) is 64.6 Å². The van der Waals surface area contributed by atoms with E-state index in [1.807, 2.05) is 6.08 Å². The molecule has 3 rings (SSSR count). The zero-order chi connectivity index (χ0) is 12.5. The molecule has 0 aromatic rings. The highest BCUT2D eigenvalue weighted by molar-refractivity contribution is 5.92. The van der Waals surface area contributed by atoms with Crippen LogP contribution in [-0.4, -0.2) is 17.0 Å². The summed E-state index contributed by atoms with van der Waals surface area (Å²) < 4.78 is 6.51. The summed E-state index contributed by atoms with van der Waals surface area (Å²) >= 11 is 0. The van der Waals surface area contributed by atoms with Crippen LogP contribution in [0.1, 0.15) is 53.4 Å². The number of hydrogen-bond donors (Lipinski definition) is 0. The number of rotatable bonds is 0. The van der Waals surface area contributed by atoms with Crippen LogP contribution in [0.15, 0.2) is 11.6 Å². The molecule has 0 unspecified atom stereocenters. The van der Waals surface area contributed by atoms with Crippen LogP contribution in [-0.2, 0) is 9.53 Å². The summed E-state index contributed by atoms with van der Waals surface area (Å²) in [7, 11) is 0. The van der Waals surface area contributed by atoms with E-state index < -0.39 is 0 Å². The summed E-state index contributed by atoms with van der Waals surface area (Å²) in [4.78, 5) is 11.8. The van der Waals surface area contributed by atoms with Crippen LogP contribution in [0.25, 0.3) is 0 Å². The fraction of sp³-hybridized carbons (Fsp3) is 0.800. The Balaban J connectivity index is 2.14. The van der Waals surface area contributed by atoms with E-state index in [9.17, 15) is 4.79 Å². The molecule has 2 aliphatic carbocycles. The minimum atomic E-state index is -0.159. The predicted octanol–water partition coefficient (Wildman–Crippen LogP) is 3.26. The summed E-state index contributed by atoms with van der Waals surface area (Å²) in [6.07, 6.45) is 5.91. The molecule has 2 nitrogen and oxygen atoms in total. The molecule has 0 N–H and O–H groups in total. The summed E-state index contributed by atoms with van der Waals surface area (Å²) in [5, 5.41) is 0. The number of ketones is 1. The van der Waals surface area contributed by atoms with Gasteiger partial charge in [0.25, 0.3) is 0 Å². The number of carbonyl (C=O) groups is 1. The van der Waals surface area contributed by atoms with Gasteiger partial charge in [0.05, 0.1) is 11.2 Å². The topological polar surface area (TPSA) is 26.3 Å². The van der Waals surface area contributed by atoms with Crippen molar-refractivity contribution in [3.8, 4) is 0 Å². The Kier molecular flexibility index (Phi) is 2.04. The molecule has 1 heterocycles. The minimum absolute atomic E-state index is 0.0210. The first-order chi connectivity index (χ1) is 7.79. The molecular weight excluding hydrogens is 212 g/mol. The average Bonchev–Trinajstić information content (AvgIpc) is 2.42. The Morgan fingerprint density at radius 3 is 2.76 bits per heavy atom. The fourth-order valence-electron chi connectivity index (χ4n) is 4.42. The second kappa shape index (κ2) is 3.03. The van der Waals surface area contributed by atoms with Gasteiger partial charge in [0, 0.05) is 11.8 Å². The molecular formula is C15H22O2. The van der Waals surface area contributed by atoms with Gasteiger partial charge in [0.2, 0.25) is 0 Å². The monoisotopic (exact) mass is 234 g/mol. The van der Waals surface area contributed by atoms with Crippen LogP contribution in [0, 0.1) is 11.3 Å². The van der Waals surface area contributed by atoms with E-state index in [4.69, 9.17) is 4.74 Å². The van der Waals surface area contributed by atoms with E-state index in [2.05, 4.69) is 27.7 Å². The van der Waals surface area contributed by atoms with E-state index in [0.29, 0.717) is 12.3 Å². The average molecular weight is 234 g/mol. The molecule has 3 atom stereocenters. The lowest BCUT2D eigenvalue weighted by Crippen LogP contribution is -2.52. The zero-order valence-electron chi connectivity index (χ0n) is 11.3. The van der Waals surface area contributed by atoms with Crippen molar-refractivity contribution in [1.29, 1.82) is 0 Å². The van der Waals surface area contributed by atoms with Gasteiger partial charge in [0.15, 0.2) is 5.78 Å². The third kappa shape index (κ3) is 1.28. The van der Waals surface area contributed by atoms with Gasteiger partial charge >= 0.3 is 0 Å². The Morgan fingerprint density at radius 2 is 2.06 bits per heavy atom. The van der Waals surface area contributed by atoms with Crippen molar-refractivity contribution in [3.63, 3.8) is 0 Å². The number of fused-ring (bicyclic) bond motifs is 1. The van der Waals surface area contributed by atoms with E-state index in [-0.39, 0.29) is 22.4 Å². The number of hydrogen-bond acceptors (Lipinski definition) is 2. The summed E-state index contributed by atoms with van der Waals surface area (Å²) in [6.45, 7) is 8.75. The molecule has 1 saturated carbocycles. The van der Waals surface area contributed by atoms with Crippen LogP contribution >= 0.6 is 0 Å². The Morgan fingerprint density at radius 1 is 1.35 bits per heavy atom. The van der Waals surface area contributed by atoms with Crippen molar-refractivity contribution < 1.29 is 9.53 Å². The van der Waals surface area contributed by atoms with Gasteiger partial charge in [-0.1, -0.05) is 6.92 Å². The van der Waals surface area contributed by atoms with E-state index >= 15 is 0 Å². The molecule has 1 saturated heterocycles. The third-order valence-corrected chi connectivity index (χ3v) is 5.55. The van der Waals surface area contributed by atoms with Crippen LogP contribution < -0.4 is 0 Å². The Bertz CT molecular complexity index is 421. The molecule has 0 radical (unpaired) electrons. The first-order valence-corrected chi connectivity index (χ1v) is 6.71. The fourth-order valence-corrected chi connectivity index (χ4v) is 4.42. The van der Waals surface area contributed by atoms with Gasteiger partial charge in [-0.3, -0.25) is 4.79 Å². The first-order valence-electron chi connectivity index (χ1n) is 6.71. The van der Waals surface area contributed by atoms with Gasteiger partial charge in [-0.15, -0.1) is 0 Å². The first kappa shape index (κ1) is 11.5. The molecule has 2 heteroatoms. The quantitative estimate of drug-likeness (QED) is 0.643. The molecule has 0 aromatic carbocycles. The van der Waals surface area contributed by atoms with Crippen molar-refractivity contribution in [3.05, 3.63) is 11.6 Å². The maximum Gasteiger partial charge on any atom is 0.156 e. The van der Waals surface area contributed by atoms with Gasteiger partial charge in [0.1, 0.15) is 0 Å². The molecule has 0 aromatic heterocycles. The molecule has 3 aliphatic rings. The van der Waals surface area contributed by atoms with Gasteiger partial charge in [-0.05, 0) is 57.6 Å². The van der Waals surface area contributed by atoms with E-state index in [0.717, 1.165) is 18.4 Å². The number of allylic oxidation sites excluding steroid dienone is 1. The maximum atomic E-state index is 11.8. The lowest BCUT2D eigenvalue weighted by atomic mass is 9.55. The molecule has 1 spiro atoms. The van der Waals surface area contributed by atoms with Crippen LogP contribution in [0.2, 0.25) is 0 Å². The van der Waals surface area contributed by atoms with Crippen molar-refractivity contribution in [2.75, 3.05) is 0 Å². The molecule has 0 amide bonds. The van der Waals surface area contributed by atoms with Crippen LogP contribution in [0.5, 0.6) is 0 Å². The van der Waals surface area contributed by atoms with Crippen molar-refractivity contribution in [2.24, 2.45) is 11.3 Å². The second-order valence-electron chi connectivity index (χ2n) is 7.00. The van der Waals surface area contributed by atoms with E-state index in [1.165, 1.54) is 6.42 Å². The van der Waals surface area contributed by atoms with Gasteiger partial charge in [-0.25, -0.2) is 0 Å². The second-order valence-corrected chi connectivity index (χ2v) is 7.00. The molecule has 2 fully saturated rings. The maximum absolute atomic E-state index is 11.8. The molecule has 17 heavy (non-hydrogen) atoms. The van der Waals surface area contributed by atoms with Crippen LogP contribution in [0.4, 0.5) is 0 Å². The zero-order valence-corrected chi connectivity index (χ0v) is 11.3. The van der Waals surface area contributed by atoms with Gasteiger partial charge in [-0.2, -0.15) is 0 Å². The van der Waals surface area contributed by atoms with E-state index in [1.54, 1.807) is 0 Å². The Labute approximate surface area is 103 Å². The Hall–Kier alpha value is -0.630. The van der Waals surface area contributed by atoms with Gasteiger partial charge < -0.3 is 4.74 Å². The smallest absolute Gasteiger partial charge is 0.156 e. The largest absolute Gasteiger partial charge is 0.364 e. The summed E-state index contributed by atoms with van der Waals surface area (Å²) in [6, 6.07) is 0. The van der Waals surface area contributed by atoms with Crippen LogP contribution in [0.3, 0.4) is 0 Å². The van der Waals surface area contributed by atoms with Crippen molar-refractivity contribution >= 4 is 5.78 Å². The highest BCUT2D eigenvalue weighted by Crippen LogP contribution is 2.63. The molecule has 1 aliphatic heterocycles.